The third-order valence-corrected chi connectivity index (χ3v) is 3.91. The van der Waals surface area contributed by atoms with E-state index in [0.717, 1.165) is 27.7 Å². The lowest BCUT2D eigenvalue weighted by atomic mass is 10.1. The second-order valence-corrected chi connectivity index (χ2v) is 5.92. The molecular formula is C16H22BrClN4O2. The van der Waals surface area contributed by atoms with Gasteiger partial charge in [-0.3, -0.25) is 9.89 Å². The standard InChI is InChI=1S/C16H21BrN4O2.ClH/c1-3-13-15(11-4-6-12(17)7-5-11)20-21-16(13)19-14(22)10-18-8-9-23-2;/h4-7,18H,3,8-10H2,1-2H3,(H2,19,20,21,22);1H. The van der Waals surface area contributed by atoms with E-state index in [4.69, 9.17) is 4.74 Å². The number of ether oxygens (including phenoxy) is 1. The van der Waals surface area contributed by atoms with Crippen molar-refractivity contribution in [3.05, 3.63) is 34.3 Å². The SMILES string of the molecule is CCc1c(NC(=O)CNCCOC)n[nH]c1-c1ccc(Br)cc1.Cl. The summed E-state index contributed by atoms with van der Waals surface area (Å²) >= 11 is 3.43. The van der Waals surface area contributed by atoms with Crippen LogP contribution >= 0.6 is 28.3 Å². The highest BCUT2D eigenvalue weighted by Gasteiger charge is 2.15. The Morgan fingerprint density at radius 1 is 1.33 bits per heavy atom. The molecule has 8 heteroatoms. The number of methoxy groups -OCH3 is 1. The zero-order valence-electron chi connectivity index (χ0n) is 13.7. The van der Waals surface area contributed by atoms with E-state index in [1.54, 1.807) is 7.11 Å². The van der Waals surface area contributed by atoms with Gasteiger partial charge in [-0.25, -0.2) is 0 Å². The molecular weight excluding hydrogens is 396 g/mol. The number of halogens is 2. The molecule has 2 aromatic rings. The topological polar surface area (TPSA) is 79.0 Å². The molecule has 6 nitrogen and oxygen atoms in total. The third kappa shape index (κ3) is 5.59. The van der Waals surface area contributed by atoms with Gasteiger partial charge in [0.2, 0.25) is 5.91 Å². The first-order valence-corrected chi connectivity index (χ1v) is 8.27. The first-order chi connectivity index (χ1) is 11.2. The van der Waals surface area contributed by atoms with Gasteiger partial charge in [0.1, 0.15) is 0 Å². The molecule has 0 saturated heterocycles. The number of anilines is 1. The van der Waals surface area contributed by atoms with Gasteiger partial charge < -0.3 is 15.4 Å². The summed E-state index contributed by atoms with van der Waals surface area (Å²) in [5, 5.41) is 13.1. The lowest BCUT2D eigenvalue weighted by Crippen LogP contribution is -2.30. The number of benzene rings is 1. The molecule has 1 heterocycles. The number of carbonyl (C=O) groups excluding carboxylic acids is 1. The molecule has 0 atom stereocenters. The van der Waals surface area contributed by atoms with Gasteiger partial charge in [0.15, 0.2) is 5.82 Å². The van der Waals surface area contributed by atoms with Crippen LogP contribution in [0.25, 0.3) is 11.3 Å². The van der Waals surface area contributed by atoms with Gasteiger partial charge in [0, 0.05) is 23.7 Å². The van der Waals surface area contributed by atoms with Crippen molar-refractivity contribution in [2.24, 2.45) is 0 Å². The van der Waals surface area contributed by atoms with Crippen molar-refractivity contribution in [1.82, 2.24) is 15.5 Å². The Bertz CT molecular complexity index is 646. The van der Waals surface area contributed by atoms with Crippen LogP contribution in [0.2, 0.25) is 0 Å². The van der Waals surface area contributed by atoms with Gasteiger partial charge in [0.25, 0.3) is 0 Å². The van der Waals surface area contributed by atoms with Crippen LogP contribution in [0.3, 0.4) is 0 Å². The summed E-state index contributed by atoms with van der Waals surface area (Å²) in [5.41, 5.74) is 2.97. The highest BCUT2D eigenvalue weighted by molar-refractivity contribution is 9.10. The predicted octanol–water partition coefficient (Wildman–Crippen LogP) is 3.00. The first-order valence-electron chi connectivity index (χ1n) is 7.48. The lowest BCUT2D eigenvalue weighted by Gasteiger charge is -2.07. The van der Waals surface area contributed by atoms with E-state index >= 15 is 0 Å². The zero-order chi connectivity index (χ0) is 16.7. The van der Waals surface area contributed by atoms with E-state index in [9.17, 15) is 4.79 Å². The maximum atomic E-state index is 12.0. The Kier molecular flexibility index (Phi) is 8.99. The van der Waals surface area contributed by atoms with Crippen molar-refractivity contribution in [2.75, 3.05) is 32.1 Å². The number of H-pyrrole nitrogens is 1. The minimum absolute atomic E-state index is 0. The largest absolute Gasteiger partial charge is 0.383 e. The molecule has 0 aliphatic rings. The average molecular weight is 418 g/mol. The van der Waals surface area contributed by atoms with Crippen molar-refractivity contribution >= 4 is 40.1 Å². The molecule has 0 bridgehead atoms. The highest BCUT2D eigenvalue weighted by atomic mass is 79.9. The fourth-order valence-electron chi connectivity index (χ4n) is 2.22. The lowest BCUT2D eigenvalue weighted by molar-refractivity contribution is -0.115. The van der Waals surface area contributed by atoms with Crippen molar-refractivity contribution in [2.45, 2.75) is 13.3 Å². The number of aromatic nitrogens is 2. The fraction of sp³-hybridized carbons (Fsp3) is 0.375. The van der Waals surface area contributed by atoms with Crippen molar-refractivity contribution in [3.8, 4) is 11.3 Å². The maximum absolute atomic E-state index is 12.0. The van der Waals surface area contributed by atoms with Crippen LogP contribution in [-0.4, -0.2) is 42.9 Å². The van der Waals surface area contributed by atoms with Crippen LogP contribution in [0.15, 0.2) is 28.7 Å². The third-order valence-electron chi connectivity index (χ3n) is 3.38. The Morgan fingerprint density at radius 3 is 2.67 bits per heavy atom. The van der Waals surface area contributed by atoms with E-state index in [0.29, 0.717) is 19.0 Å². The summed E-state index contributed by atoms with van der Waals surface area (Å²) in [4.78, 5) is 12.0. The van der Waals surface area contributed by atoms with Crippen LogP contribution in [0, 0.1) is 0 Å². The van der Waals surface area contributed by atoms with Crippen LogP contribution in [0.5, 0.6) is 0 Å². The molecule has 3 N–H and O–H groups in total. The number of nitrogens with one attached hydrogen (secondary N) is 3. The van der Waals surface area contributed by atoms with E-state index in [-0.39, 0.29) is 24.9 Å². The molecule has 0 fully saturated rings. The average Bonchev–Trinajstić information content (AvgIpc) is 2.95. The summed E-state index contributed by atoms with van der Waals surface area (Å²) in [6.45, 7) is 3.48. The fourth-order valence-corrected chi connectivity index (χ4v) is 2.48. The zero-order valence-corrected chi connectivity index (χ0v) is 16.1. The molecule has 0 saturated carbocycles. The Hall–Kier alpha value is -1.41. The smallest absolute Gasteiger partial charge is 0.239 e. The molecule has 0 aliphatic carbocycles. The van der Waals surface area contributed by atoms with Crippen molar-refractivity contribution < 1.29 is 9.53 Å². The van der Waals surface area contributed by atoms with Crippen LogP contribution in [-0.2, 0) is 16.0 Å². The molecule has 0 aliphatic heterocycles. The Labute approximate surface area is 156 Å². The molecule has 1 aromatic heterocycles. The second kappa shape index (κ2) is 10.5. The van der Waals surface area contributed by atoms with Crippen LogP contribution < -0.4 is 10.6 Å². The Balaban J connectivity index is 0.00000288. The molecule has 0 radical (unpaired) electrons. The van der Waals surface area contributed by atoms with Crippen molar-refractivity contribution in [1.29, 1.82) is 0 Å². The van der Waals surface area contributed by atoms with E-state index in [2.05, 4.69) is 36.8 Å². The maximum Gasteiger partial charge on any atom is 0.239 e. The van der Waals surface area contributed by atoms with E-state index in [1.165, 1.54) is 0 Å². The van der Waals surface area contributed by atoms with Gasteiger partial charge in [-0.2, -0.15) is 5.10 Å². The minimum Gasteiger partial charge on any atom is -0.383 e. The molecule has 0 unspecified atom stereocenters. The predicted molar refractivity (Wildman–Crippen MR) is 102 cm³/mol. The number of aromatic amines is 1. The van der Waals surface area contributed by atoms with Gasteiger partial charge in [-0.15, -0.1) is 12.4 Å². The minimum atomic E-state index is -0.121. The number of carbonyl (C=O) groups is 1. The van der Waals surface area contributed by atoms with Gasteiger partial charge in [0.05, 0.1) is 18.8 Å². The molecule has 1 aromatic carbocycles. The summed E-state index contributed by atoms with van der Waals surface area (Å²) in [6.07, 6.45) is 0.772. The molecule has 2 rings (SSSR count). The highest BCUT2D eigenvalue weighted by Crippen LogP contribution is 2.28. The molecule has 132 valence electrons. The van der Waals surface area contributed by atoms with Crippen LogP contribution in [0.4, 0.5) is 5.82 Å². The molecule has 24 heavy (non-hydrogen) atoms. The first kappa shape index (κ1) is 20.6. The summed E-state index contributed by atoms with van der Waals surface area (Å²) in [5.74, 6) is 0.466. The van der Waals surface area contributed by atoms with Gasteiger partial charge in [-0.05, 0) is 24.1 Å². The summed E-state index contributed by atoms with van der Waals surface area (Å²) in [6, 6.07) is 7.98. The Morgan fingerprint density at radius 2 is 2.04 bits per heavy atom. The quantitative estimate of drug-likeness (QED) is 0.577. The number of rotatable bonds is 8. The van der Waals surface area contributed by atoms with Crippen LogP contribution in [0.1, 0.15) is 12.5 Å². The number of hydrogen-bond acceptors (Lipinski definition) is 4. The van der Waals surface area contributed by atoms with E-state index < -0.39 is 0 Å². The summed E-state index contributed by atoms with van der Waals surface area (Å²) < 4.78 is 5.95. The summed E-state index contributed by atoms with van der Waals surface area (Å²) in [7, 11) is 1.63. The van der Waals surface area contributed by atoms with Crippen molar-refractivity contribution in [3.63, 3.8) is 0 Å². The van der Waals surface area contributed by atoms with E-state index in [1.807, 2.05) is 31.2 Å². The number of amides is 1. The molecule has 1 amide bonds. The van der Waals surface area contributed by atoms with Gasteiger partial charge in [-0.1, -0.05) is 35.0 Å². The normalized spacial score (nSPS) is 10.3. The van der Waals surface area contributed by atoms with Gasteiger partial charge >= 0.3 is 0 Å². The second-order valence-electron chi connectivity index (χ2n) is 5.00. The number of hydrogen-bond donors (Lipinski definition) is 3. The number of nitrogens with zero attached hydrogens (tertiary/aromatic N) is 1. The monoisotopic (exact) mass is 416 g/mol. The molecule has 0 spiro atoms.